The second-order valence-corrected chi connectivity index (χ2v) is 4.10. The maximum atomic E-state index is 11.2. The summed E-state index contributed by atoms with van der Waals surface area (Å²) >= 11 is 0. The van der Waals surface area contributed by atoms with Crippen molar-refractivity contribution in [1.82, 2.24) is 39.9 Å². The number of hydrogen-bond acceptors (Lipinski definition) is 7. The molecule has 4 aromatic heterocycles. The number of aromatic amines is 4. The average Bonchev–Trinajstić information content (AvgIpc) is 3.17. The second-order valence-electron chi connectivity index (χ2n) is 4.10. The number of nitrogens with zero attached hydrogens (tertiary/aromatic N) is 4. The standard InChI is InChI=1S/C6H7N5O.C5H4N4O/c1-7-6-10-4-3(5(12)11-6)8-2-9-4;10-5-3-4(7-1-6-3)8-2-9-5/h2H,1H3,(H3,7,8,9,10,11,12);1-2H,(H2,6,7,8,9,10). The molecule has 0 fully saturated rings. The molecule has 112 valence electrons. The molecule has 5 N–H and O–H groups in total. The second kappa shape index (κ2) is 5.47. The number of anilines is 1. The maximum absolute atomic E-state index is 11.2. The number of nitrogens with one attached hydrogen (secondary N) is 5. The highest BCUT2D eigenvalue weighted by Gasteiger charge is 2.03. The van der Waals surface area contributed by atoms with Crippen molar-refractivity contribution in [3.8, 4) is 0 Å². The quantitative estimate of drug-likeness (QED) is 0.311. The molecule has 0 radical (unpaired) electrons. The van der Waals surface area contributed by atoms with Gasteiger partial charge in [0.05, 0.1) is 19.0 Å². The number of imidazole rings is 2. The minimum Gasteiger partial charge on any atom is -0.359 e. The van der Waals surface area contributed by atoms with Crippen molar-refractivity contribution in [3.63, 3.8) is 0 Å². The zero-order valence-electron chi connectivity index (χ0n) is 11.3. The summed E-state index contributed by atoms with van der Waals surface area (Å²) in [5.74, 6) is 0.416. The zero-order valence-corrected chi connectivity index (χ0v) is 11.3. The van der Waals surface area contributed by atoms with Gasteiger partial charge in [-0.2, -0.15) is 4.98 Å². The van der Waals surface area contributed by atoms with Crippen LogP contribution >= 0.6 is 0 Å². The van der Waals surface area contributed by atoms with E-state index in [0.29, 0.717) is 28.3 Å². The van der Waals surface area contributed by atoms with Gasteiger partial charge in [0.25, 0.3) is 11.1 Å². The van der Waals surface area contributed by atoms with Crippen LogP contribution in [0.15, 0.2) is 28.6 Å². The molecule has 22 heavy (non-hydrogen) atoms. The first-order chi connectivity index (χ1) is 10.7. The Labute approximate surface area is 121 Å². The lowest BCUT2D eigenvalue weighted by atomic mass is 10.5. The third-order valence-corrected chi connectivity index (χ3v) is 2.76. The molecule has 0 bridgehead atoms. The molecule has 0 aliphatic carbocycles. The number of hydrogen-bond donors (Lipinski definition) is 5. The summed E-state index contributed by atoms with van der Waals surface area (Å²) in [6, 6.07) is 0. The fraction of sp³-hybridized carbons (Fsp3) is 0.0909. The minimum absolute atomic E-state index is 0.192. The van der Waals surface area contributed by atoms with Gasteiger partial charge in [0, 0.05) is 7.05 Å². The van der Waals surface area contributed by atoms with Gasteiger partial charge in [-0.1, -0.05) is 0 Å². The highest BCUT2D eigenvalue weighted by Crippen LogP contribution is 2.01. The fourth-order valence-electron chi connectivity index (χ4n) is 1.74. The fourth-order valence-corrected chi connectivity index (χ4v) is 1.74. The number of H-pyrrole nitrogens is 4. The molecule has 11 heteroatoms. The van der Waals surface area contributed by atoms with Crippen LogP contribution in [-0.4, -0.2) is 46.9 Å². The summed E-state index contributed by atoms with van der Waals surface area (Å²) in [5.41, 5.74) is 1.27. The summed E-state index contributed by atoms with van der Waals surface area (Å²) in [4.78, 5) is 47.9. The van der Waals surface area contributed by atoms with E-state index in [9.17, 15) is 9.59 Å². The Kier molecular flexibility index (Phi) is 3.35. The Morgan fingerprint density at radius 3 is 2.09 bits per heavy atom. The van der Waals surface area contributed by atoms with E-state index in [1.54, 1.807) is 7.05 Å². The van der Waals surface area contributed by atoms with Crippen LogP contribution < -0.4 is 16.4 Å². The van der Waals surface area contributed by atoms with E-state index >= 15 is 0 Å². The SMILES string of the molecule is CNc1nc2nc[nH]c2c(=O)[nH]1.O=c1[nH]cnc2nc[nH]c12. The van der Waals surface area contributed by atoms with Gasteiger partial charge in [-0.05, 0) is 0 Å². The van der Waals surface area contributed by atoms with Crippen molar-refractivity contribution in [2.75, 3.05) is 12.4 Å². The van der Waals surface area contributed by atoms with Crippen molar-refractivity contribution in [2.24, 2.45) is 0 Å². The number of rotatable bonds is 1. The molecule has 0 amide bonds. The topological polar surface area (TPSA) is 161 Å². The van der Waals surface area contributed by atoms with E-state index in [1.165, 1.54) is 19.0 Å². The van der Waals surface area contributed by atoms with Crippen LogP contribution in [0.5, 0.6) is 0 Å². The van der Waals surface area contributed by atoms with E-state index < -0.39 is 0 Å². The third-order valence-electron chi connectivity index (χ3n) is 2.76. The molecule has 4 rings (SSSR count). The van der Waals surface area contributed by atoms with Crippen LogP contribution in [0.25, 0.3) is 22.3 Å². The lowest BCUT2D eigenvalue weighted by molar-refractivity contribution is 1.14. The molecule has 4 heterocycles. The van der Waals surface area contributed by atoms with Gasteiger partial charge < -0.3 is 20.3 Å². The summed E-state index contributed by atoms with van der Waals surface area (Å²) in [6.07, 6.45) is 4.20. The molecule has 0 unspecified atom stereocenters. The van der Waals surface area contributed by atoms with Crippen molar-refractivity contribution < 1.29 is 0 Å². The Hall–Kier alpha value is -3.50. The highest BCUT2D eigenvalue weighted by atomic mass is 16.1. The average molecular weight is 301 g/mol. The van der Waals surface area contributed by atoms with Crippen LogP contribution in [0.2, 0.25) is 0 Å². The molecule has 0 saturated carbocycles. The third kappa shape index (κ3) is 2.42. The molecule has 11 nitrogen and oxygen atoms in total. The highest BCUT2D eigenvalue weighted by molar-refractivity contribution is 5.69. The van der Waals surface area contributed by atoms with Crippen molar-refractivity contribution >= 4 is 28.3 Å². The summed E-state index contributed by atoms with van der Waals surface area (Å²) in [5, 5.41) is 2.73. The van der Waals surface area contributed by atoms with Gasteiger partial charge in [0.1, 0.15) is 0 Å². The first-order valence-electron chi connectivity index (χ1n) is 6.17. The Morgan fingerprint density at radius 2 is 1.45 bits per heavy atom. The largest absolute Gasteiger partial charge is 0.359 e. The summed E-state index contributed by atoms with van der Waals surface area (Å²) in [6.45, 7) is 0. The van der Waals surface area contributed by atoms with Gasteiger partial charge in [0.15, 0.2) is 22.3 Å². The van der Waals surface area contributed by atoms with Crippen LogP contribution in [0.4, 0.5) is 5.95 Å². The predicted molar refractivity (Wildman–Crippen MR) is 78.6 cm³/mol. The lowest BCUT2D eigenvalue weighted by Crippen LogP contribution is -2.11. The smallest absolute Gasteiger partial charge is 0.278 e. The van der Waals surface area contributed by atoms with E-state index in [-0.39, 0.29) is 11.1 Å². The normalized spacial score (nSPS) is 10.4. The number of fused-ring (bicyclic) bond motifs is 2. The van der Waals surface area contributed by atoms with Crippen LogP contribution in [0.1, 0.15) is 0 Å². The zero-order chi connectivity index (χ0) is 15.5. The van der Waals surface area contributed by atoms with E-state index in [1.807, 2.05) is 0 Å². The molecule has 0 spiro atoms. The summed E-state index contributed by atoms with van der Waals surface area (Å²) in [7, 11) is 1.68. The first-order valence-corrected chi connectivity index (χ1v) is 6.17. The molecular weight excluding hydrogens is 290 g/mol. The Bertz CT molecular complexity index is 1020. The number of aromatic nitrogens is 8. The molecular formula is C11H11N9O2. The predicted octanol–water partition coefficient (Wildman–Crippen LogP) is -0.666. The molecule has 4 aromatic rings. The van der Waals surface area contributed by atoms with Crippen molar-refractivity contribution in [1.29, 1.82) is 0 Å². The van der Waals surface area contributed by atoms with Crippen LogP contribution in [-0.2, 0) is 0 Å². The van der Waals surface area contributed by atoms with Gasteiger partial charge in [-0.3, -0.25) is 14.6 Å². The Morgan fingerprint density at radius 1 is 0.864 bits per heavy atom. The molecule has 0 aromatic carbocycles. The van der Waals surface area contributed by atoms with E-state index in [0.717, 1.165) is 0 Å². The van der Waals surface area contributed by atoms with Gasteiger partial charge in [-0.25, -0.2) is 15.0 Å². The minimum atomic E-state index is -0.221. The van der Waals surface area contributed by atoms with Crippen molar-refractivity contribution in [3.05, 3.63) is 39.7 Å². The van der Waals surface area contributed by atoms with Gasteiger partial charge in [0.2, 0.25) is 5.95 Å². The van der Waals surface area contributed by atoms with E-state index in [4.69, 9.17) is 0 Å². The first kappa shape index (κ1) is 13.5. The van der Waals surface area contributed by atoms with E-state index in [2.05, 4.69) is 45.2 Å². The van der Waals surface area contributed by atoms with Crippen LogP contribution in [0, 0.1) is 0 Å². The molecule has 0 aliphatic heterocycles. The molecule has 0 aliphatic rings. The molecule has 0 saturated heterocycles. The maximum Gasteiger partial charge on any atom is 0.278 e. The van der Waals surface area contributed by atoms with Crippen LogP contribution in [0.3, 0.4) is 0 Å². The monoisotopic (exact) mass is 301 g/mol. The summed E-state index contributed by atoms with van der Waals surface area (Å²) < 4.78 is 0. The van der Waals surface area contributed by atoms with Gasteiger partial charge >= 0.3 is 0 Å². The molecule has 0 atom stereocenters. The van der Waals surface area contributed by atoms with Crippen molar-refractivity contribution in [2.45, 2.75) is 0 Å². The Balaban J connectivity index is 0.000000133. The lowest BCUT2D eigenvalue weighted by Gasteiger charge is -1.95. The van der Waals surface area contributed by atoms with Gasteiger partial charge in [-0.15, -0.1) is 0 Å².